The lowest BCUT2D eigenvalue weighted by Gasteiger charge is -2.36. The molecule has 0 radical (unpaired) electrons. The molecule has 6 heteroatoms. The molecule has 39 heavy (non-hydrogen) atoms. The van der Waals surface area contributed by atoms with Crippen LogP contribution in [0.4, 0.5) is 5.69 Å². The summed E-state index contributed by atoms with van der Waals surface area (Å²) in [7, 11) is 1.75. The first-order valence-electron chi connectivity index (χ1n) is 14.3. The Morgan fingerprint density at radius 2 is 1.51 bits per heavy atom. The van der Waals surface area contributed by atoms with Gasteiger partial charge in [-0.05, 0) is 49.7 Å². The van der Waals surface area contributed by atoms with Crippen LogP contribution in [0.3, 0.4) is 0 Å². The molecule has 0 aliphatic carbocycles. The number of hydrogen-bond acceptors (Lipinski definition) is 4. The Hall–Kier alpha value is -3.77. The summed E-state index contributed by atoms with van der Waals surface area (Å²) in [4.78, 5) is 20.2. The van der Waals surface area contributed by atoms with Crippen LogP contribution in [0.5, 0.6) is 5.75 Å². The normalized spacial score (nSPS) is 15.9. The maximum Gasteiger partial charge on any atom is 0.254 e. The Labute approximate surface area is 231 Å². The average Bonchev–Trinajstić information content (AvgIpc) is 3.32. The van der Waals surface area contributed by atoms with Crippen LogP contribution in [0.1, 0.15) is 34.5 Å². The third-order valence-electron chi connectivity index (χ3n) is 8.37. The van der Waals surface area contributed by atoms with Gasteiger partial charge in [0.2, 0.25) is 0 Å². The molecule has 1 aromatic heterocycles. The molecule has 0 atom stereocenters. The predicted molar refractivity (Wildman–Crippen MR) is 158 cm³/mol. The number of hydrogen-bond donors (Lipinski definition) is 0. The van der Waals surface area contributed by atoms with E-state index in [9.17, 15) is 4.79 Å². The molecule has 1 fully saturated rings. The summed E-state index contributed by atoms with van der Waals surface area (Å²) in [6.45, 7) is 7.88. The van der Waals surface area contributed by atoms with E-state index in [-0.39, 0.29) is 5.91 Å². The first-order chi connectivity index (χ1) is 19.2. The molecule has 6 nitrogen and oxygen atoms in total. The number of nitrogens with zero attached hydrogens (tertiary/aromatic N) is 4. The van der Waals surface area contributed by atoms with Gasteiger partial charge in [-0.1, -0.05) is 48.5 Å². The molecular weight excluding hydrogens is 484 g/mol. The van der Waals surface area contributed by atoms with Crippen LogP contribution in [-0.4, -0.2) is 66.7 Å². The van der Waals surface area contributed by atoms with Crippen molar-refractivity contribution in [3.63, 3.8) is 0 Å². The fraction of sp³-hybridized carbons (Fsp3) is 0.364. The van der Waals surface area contributed by atoms with E-state index in [0.717, 1.165) is 70.0 Å². The first-order valence-corrected chi connectivity index (χ1v) is 14.3. The van der Waals surface area contributed by atoms with E-state index in [4.69, 9.17) is 4.74 Å². The van der Waals surface area contributed by atoms with E-state index >= 15 is 0 Å². The molecule has 0 saturated carbocycles. The minimum Gasteiger partial charge on any atom is -0.495 e. The van der Waals surface area contributed by atoms with E-state index < -0.39 is 0 Å². The second kappa shape index (κ2) is 11.5. The number of amides is 1. The fourth-order valence-corrected chi connectivity index (χ4v) is 6.30. The van der Waals surface area contributed by atoms with Gasteiger partial charge in [0.05, 0.1) is 12.8 Å². The second-order valence-electron chi connectivity index (χ2n) is 10.6. The molecule has 0 bridgehead atoms. The number of fused-ring (bicyclic) bond motifs is 3. The van der Waals surface area contributed by atoms with Crippen molar-refractivity contribution in [2.24, 2.45) is 0 Å². The minimum absolute atomic E-state index is 0.129. The van der Waals surface area contributed by atoms with Crippen LogP contribution in [-0.2, 0) is 19.5 Å². The standard InChI is InChI=1S/C33H38N4O2/c1-39-32-16-8-7-15-31(32)35-23-21-34(22-24-35)18-9-10-19-37-29-14-6-5-13-27(29)28-25-36(20-17-30(28)37)33(38)26-11-3-2-4-12-26/h2-8,11-16H,9-10,17-25H2,1H3. The van der Waals surface area contributed by atoms with Gasteiger partial charge in [0, 0.05) is 80.0 Å². The summed E-state index contributed by atoms with van der Waals surface area (Å²) < 4.78 is 8.11. The zero-order valence-electron chi connectivity index (χ0n) is 22.9. The first kappa shape index (κ1) is 25.5. The van der Waals surface area contributed by atoms with Crippen molar-refractivity contribution in [1.82, 2.24) is 14.4 Å². The quantitative estimate of drug-likeness (QED) is 0.289. The number of benzene rings is 3. The Morgan fingerprint density at radius 3 is 2.33 bits per heavy atom. The van der Waals surface area contributed by atoms with E-state index in [2.05, 4.69) is 50.8 Å². The van der Waals surface area contributed by atoms with Crippen LogP contribution in [0, 0.1) is 0 Å². The Morgan fingerprint density at radius 1 is 0.795 bits per heavy atom. The second-order valence-corrected chi connectivity index (χ2v) is 10.6. The summed E-state index contributed by atoms with van der Waals surface area (Å²) in [5.74, 6) is 1.09. The van der Waals surface area contributed by atoms with Crippen molar-refractivity contribution in [3.8, 4) is 5.75 Å². The van der Waals surface area contributed by atoms with Crippen molar-refractivity contribution < 1.29 is 9.53 Å². The van der Waals surface area contributed by atoms with Crippen LogP contribution in [0.15, 0.2) is 78.9 Å². The molecule has 202 valence electrons. The van der Waals surface area contributed by atoms with Crippen LogP contribution in [0.2, 0.25) is 0 Å². The van der Waals surface area contributed by atoms with Gasteiger partial charge in [0.25, 0.3) is 5.91 Å². The molecule has 4 aromatic rings. The summed E-state index contributed by atoms with van der Waals surface area (Å²) in [6, 6.07) is 26.7. The Balaban J connectivity index is 1.06. The summed E-state index contributed by atoms with van der Waals surface area (Å²) in [5, 5.41) is 1.30. The largest absolute Gasteiger partial charge is 0.495 e. The molecule has 2 aliphatic rings. The zero-order chi connectivity index (χ0) is 26.6. The van der Waals surface area contributed by atoms with E-state index in [0.29, 0.717) is 6.54 Å². The topological polar surface area (TPSA) is 41.0 Å². The lowest BCUT2D eigenvalue weighted by atomic mass is 10.0. The lowest BCUT2D eigenvalue weighted by Crippen LogP contribution is -2.46. The van der Waals surface area contributed by atoms with Crippen molar-refractivity contribution >= 4 is 22.5 Å². The number of aromatic nitrogens is 1. The molecule has 0 N–H and O–H groups in total. The van der Waals surface area contributed by atoms with Gasteiger partial charge < -0.3 is 19.1 Å². The molecular formula is C33H38N4O2. The number of carbonyl (C=O) groups is 1. The number of anilines is 1. The zero-order valence-corrected chi connectivity index (χ0v) is 22.9. The maximum atomic E-state index is 13.2. The van der Waals surface area contributed by atoms with Gasteiger partial charge in [-0.2, -0.15) is 0 Å². The minimum atomic E-state index is 0.129. The maximum absolute atomic E-state index is 13.2. The Kier molecular flexibility index (Phi) is 7.55. The van der Waals surface area contributed by atoms with Gasteiger partial charge in [-0.25, -0.2) is 0 Å². The van der Waals surface area contributed by atoms with E-state index in [1.807, 2.05) is 47.4 Å². The van der Waals surface area contributed by atoms with E-state index in [1.54, 1.807) is 7.11 Å². The van der Waals surface area contributed by atoms with Crippen molar-refractivity contribution in [2.75, 3.05) is 51.3 Å². The number of unbranched alkanes of at least 4 members (excludes halogenated alkanes) is 1. The highest BCUT2D eigenvalue weighted by Gasteiger charge is 2.27. The summed E-state index contributed by atoms with van der Waals surface area (Å²) >= 11 is 0. The highest BCUT2D eigenvalue weighted by Crippen LogP contribution is 2.32. The third kappa shape index (κ3) is 5.26. The molecule has 6 rings (SSSR count). The number of rotatable bonds is 8. The monoisotopic (exact) mass is 522 g/mol. The smallest absolute Gasteiger partial charge is 0.254 e. The van der Waals surface area contributed by atoms with Crippen molar-refractivity contribution in [3.05, 3.63) is 95.7 Å². The van der Waals surface area contributed by atoms with Crippen molar-refractivity contribution in [2.45, 2.75) is 32.4 Å². The molecule has 0 spiro atoms. The molecule has 2 aliphatic heterocycles. The number of aryl methyl sites for hydroxylation is 1. The number of ether oxygens (including phenoxy) is 1. The molecule has 3 aromatic carbocycles. The van der Waals surface area contributed by atoms with E-state index in [1.165, 1.54) is 34.3 Å². The number of methoxy groups -OCH3 is 1. The molecule has 3 heterocycles. The lowest BCUT2D eigenvalue weighted by molar-refractivity contribution is 0.0734. The van der Waals surface area contributed by atoms with Gasteiger partial charge in [0.1, 0.15) is 5.75 Å². The molecule has 1 amide bonds. The summed E-state index contributed by atoms with van der Waals surface area (Å²) in [6.07, 6.45) is 3.26. The fourth-order valence-electron chi connectivity index (χ4n) is 6.30. The summed E-state index contributed by atoms with van der Waals surface area (Å²) in [5.41, 5.74) is 6.02. The highest BCUT2D eigenvalue weighted by molar-refractivity contribution is 5.95. The van der Waals surface area contributed by atoms with Crippen LogP contribution in [0.25, 0.3) is 10.9 Å². The van der Waals surface area contributed by atoms with Crippen LogP contribution < -0.4 is 9.64 Å². The highest BCUT2D eigenvalue weighted by atomic mass is 16.5. The number of carbonyl (C=O) groups excluding carboxylic acids is 1. The Bertz CT molecular complexity index is 1420. The number of para-hydroxylation sites is 3. The van der Waals surface area contributed by atoms with Gasteiger partial charge >= 0.3 is 0 Å². The van der Waals surface area contributed by atoms with Crippen molar-refractivity contribution in [1.29, 1.82) is 0 Å². The molecule has 1 saturated heterocycles. The van der Waals surface area contributed by atoms with Gasteiger partial charge in [0.15, 0.2) is 0 Å². The molecule has 0 unspecified atom stereocenters. The number of piperazine rings is 1. The average molecular weight is 523 g/mol. The van der Waals surface area contributed by atoms with Gasteiger partial charge in [-0.15, -0.1) is 0 Å². The SMILES string of the molecule is COc1ccccc1N1CCN(CCCCn2c3c(c4ccccc42)CN(C(=O)c2ccccc2)CC3)CC1. The van der Waals surface area contributed by atoms with Gasteiger partial charge in [-0.3, -0.25) is 9.69 Å². The third-order valence-corrected chi connectivity index (χ3v) is 8.37. The van der Waals surface area contributed by atoms with Crippen LogP contribution >= 0.6 is 0 Å². The predicted octanol–water partition coefficient (Wildman–Crippen LogP) is 5.45.